The molecule has 3 heteroatoms. The summed E-state index contributed by atoms with van der Waals surface area (Å²) < 4.78 is 9.97. The second-order valence-corrected chi connectivity index (χ2v) is 31.3. The Labute approximate surface area is 291 Å². The normalized spacial score (nSPS) is 14.6. The molecular weight excluding hydrogens is 679 g/mol. The first-order valence-corrected chi connectivity index (χ1v) is 23.6. The molecule has 0 nitrogen and oxygen atoms in total. The zero-order valence-electron chi connectivity index (χ0n) is 29.0. The molecule has 0 heterocycles. The van der Waals surface area contributed by atoms with Gasteiger partial charge in [0, 0.05) is 0 Å². The van der Waals surface area contributed by atoms with E-state index < -0.39 is 18.3 Å². The number of allylic oxidation sites excluding steroid dienone is 4. The zero-order valence-corrected chi connectivity index (χ0v) is 33.1. The van der Waals surface area contributed by atoms with Gasteiger partial charge in [-0.1, -0.05) is 0 Å². The molecular formula is C43H52Cl2Zr. The van der Waals surface area contributed by atoms with Crippen LogP contribution in [0.5, 0.6) is 0 Å². The second-order valence-electron chi connectivity index (χ2n) is 16.2. The maximum absolute atomic E-state index is 5.87. The predicted octanol–water partition coefficient (Wildman–Crippen LogP) is 11.4. The van der Waals surface area contributed by atoms with Gasteiger partial charge in [0.2, 0.25) is 0 Å². The van der Waals surface area contributed by atoms with Gasteiger partial charge in [-0.2, -0.15) is 0 Å². The third-order valence-corrected chi connectivity index (χ3v) is 31.5. The van der Waals surface area contributed by atoms with Crippen LogP contribution in [0.15, 0.2) is 113 Å². The molecule has 0 bridgehead atoms. The van der Waals surface area contributed by atoms with Gasteiger partial charge in [-0.15, -0.1) is 24.8 Å². The quantitative estimate of drug-likeness (QED) is 0.163. The molecule has 0 aliphatic heterocycles. The van der Waals surface area contributed by atoms with Gasteiger partial charge >= 0.3 is 269 Å². The fourth-order valence-electron chi connectivity index (χ4n) is 8.50. The van der Waals surface area contributed by atoms with Crippen LogP contribution < -0.4 is 3.27 Å². The number of benzene rings is 4. The van der Waals surface area contributed by atoms with E-state index in [4.69, 9.17) is 4.21 Å². The Morgan fingerprint density at radius 3 is 1.85 bits per heavy atom. The van der Waals surface area contributed by atoms with E-state index in [0.717, 1.165) is 17.0 Å². The number of hydrogen-bond acceptors (Lipinski definition) is 0. The van der Waals surface area contributed by atoms with Gasteiger partial charge in [-0.25, -0.2) is 0 Å². The van der Waals surface area contributed by atoms with E-state index in [1.54, 1.807) is 12.1 Å². The van der Waals surface area contributed by atoms with E-state index in [-0.39, 0.29) is 38.8 Å². The summed E-state index contributed by atoms with van der Waals surface area (Å²) in [6, 6.07) is 34.9. The molecule has 242 valence electrons. The molecule has 4 aromatic carbocycles. The fraction of sp³-hybridized carbons (Fsp3) is 0.326. The molecule has 0 aromatic heterocycles. The fourth-order valence-corrected chi connectivity index (χ4v) is 27.6. The van der Waals surface area contributed by atoms with Gasteiger partial charge in [0.1, 0.15) is 0 Å². The number of rotatable bonds is 6. The number of hydrogen-bond donors (Lipinski definition) is 0. The first kappa shape index (κ1) is 36.5. The van der Waals surface area contributed by atoms with Crippen LogP contribution in [-0.4, -0.2) is 4.21 Å². The van der Waals surface area contributed by atoms with Gasteiger partial charge in [0.15, 0.2) is 0 Å². The molecule has 46 heavy (non-hydrogen) atoms. The van der Waals surface area contributed by atoms with Crippen molar-refractivity contribution in [1.82, 2.24) is 0 Å². The Bertz CT molecular complexity index is 1860. The first-order valence-electron chi connectivity index (χ1n) is 16.5. The van der Waals surface area contributed by atoms with Crippen molar-refractivity contribution >= 4 is 32.3 Å². The molecule has 0 fully saturated rings. The van der Waals surface area contributed by atoms with Crippen LogP contribution in [0.4, 0.5) is 0 Å². The topological polar surface area (TPSA) is 0 Å². The zero-order chi connectivity index (χ0) is 31.6. The Kier molecular flexibility index (Phi) is 10.0. The molecule has 0 spiro atoms. The van der Waals surface area contributed by atoms with E-state index in [9.17, 15) is 0 Å². The molecule has 0 saturated carbocycles. The summed E-state index contributed by atoms with van der Waals surface area (Å²) in [5, 5.41) is 0. The third-order valence-electron chi connectivity index (χ3n) is 11.3. The molecule has 6 rings (SSSR count). The predicted molar refractivity (Wildman–Crippen MR) is 205 cm³/mol. The Hall–Kier alpha value is -2.31. The van der Waals surface area contributed by atoms with Crippen LogP contribution in [0.25, 0.3) is 11.1 Å². The Balaban J connectivity index is 0.00000240. The maximum atomic E-state index is 5.87. The molecule has 0 atom stereocenters. The summed E-state index contributed by atoms with van der Waals surface area (Å²) in [5.41, 5.74) is 11.7. The standard InChI is InChI=1S/C21H25.C9H11.C7H7.C5H5.CH2.2ClH.Zr/c1-20(2,3)16-7-9-18-14(12-16)11-15-13-17(21(4,5)6)8-10-19(15)18;1-8(2)9-6-4-3-5-7-9;1-7-5-3-2-4-6-7;1-2-4-5-3-1;;;;/h7-10,12H,11H2,1-6H3;3-7H,1-2H3;2-6H,1H2;1-3H,4H2;1H2;2*1H;. The van der Waals surface area contributed by atoms with Crippen molar-refractivity contribution in [2.75, 3.05) is 0 Å². The number of halogens is 2. The monoisotopic (exact) mass is 728 g/mol. The average Bonchev–Trinajstić information content (AvgIpc) is 3.65. The SMILES string of the molecule is Cl.Cl.[CH2]=[Zr]([CH2]c1ccccc1)([C]1=CC=CC1)([c]1c(C(C)(C)C)ccc2c1Cc1cc(C(C)(C)C)ccc1-2)[C](C)(C)c1ccccc1. The average molecular weight is 731 g/mol. The molecule has 4 aromatic rings. The van der Waals surface area contributed by atoms with E-state index in [0.29, 0.717) is 0 Å². The molecule has 0 unspecified atom stereocenters. The molecule has 2 aliphatic carbocycles. The summed E-state index contributed by atoms with van der Waals surface area (Å²) in [5.74, 6) is 0. The van der Waals surface area contributed by atoms with Gasteiger partial charge in [-0.3, -0.25) is 0 Å². The van der Waals surface area contributed by atoms with Gasteiger partial charge in [0.05, 0.1) is 0 Å². The third kappa shape index (κ3) is 5.63. The van der Waals surface area contributed by atoms with Crippen molar-refractivity contribution in [3.05, 3.63) is 146 Å². The number of fused-ring (bicyclic) bond motifs is 3. The van der Waals surface area contributed by atoms with E-state index in [2.05, 4.69) is 165 Å². The van der Waals surface area contributed by atoms with Crippen LogP contribution >= 0.6 is 24.8 Å². The van der Waals surface area contributed by atoms with Crippen molar-refractivity contribution in [2.45, 2.75) is 86.3 Å². The molecule has 0 radical (unpaired) electrons. The summed E-state index contributed by atoms with van der Waals surface area (Å²) in [7, 11) is 0. The summed E-state index contributed by atoms with van der Waals surface area (Å²) in [6.45, 7) is 19.3. The van der Waals surface area contributed by atoms with E-state index >= 15 is 0 Å². The van der Waals surface area contributed by atoms with Gasteiger partial charge in [0.25, 0.3) is 0 Å². The van der Waals surface area contributed by atoms with Crippen LogP contribution in [0, 0.1) is 0 Å². The molecule has 0 amide bonds. The Morgan fingerprint density at radius 1 is 0.674 bits per heavy atom. The summed E-state index contributed by atoms with van der Waals surface area (Å²) >= 11 is -4.73. The Morgan fingerprint density at radius 2 is 1.28 bits per heavy atom. The minimum atomic E-state index is -4.73. The summed E-state index contributed by atoms with van der Waals surface area (Å²) in [4.78, 5) is 0. The van der Waals surface area contributed by atoms with E-state index in [1.807, 2.05) is 0 Å². The van der Waals surface area contributed by atoms with Crippen LogP contribution in [-0.2, 0) is 42.8 Å². The van der Waals surface area contributed by atoms with Crippen molar-refractivity contribution in [3.63, 3.8) is 0 Å². The minimum absolute atomic E-state index is 0. The molecule has 0 N–H and O–H groups in total. The second kappa shape index (κ2) is 12.6. The van der Waals surface area contributed by atoms with Crippen molar-refractivity contribution in [1.29, 1.82) is 0 Å². The molecule has 0 saturated heterocycles. The van der Waals surface area contributed by atoms with Crippen molar-refractivity contribution in [3.8, 4) is 11.1 Å². The van der Waals surface area contributed by atoms with E-state index in [1.165, 1.54) is 38.9 Å². The van der Waals surface area contributed by atoms with Crippen LogP contribution in [0.2, 0.25) is 0 Å². The van der Waals surface area contributed by atoms with Crippen LogP contribution in [0.3, 0.4) is 0 Å². The van der Waals surface area contributed by atoms with Crippen LogP contribution in [0.1, 0.15) is 95.2 Å². The van der Waals surface area contributed by atoms with Gasteiger partial charge < -0.3 is 0 Å². The summed E-state index contributed by atoms with van der Waals surface area (Å²) in [6.07, 6.45) is 9.14. The van der Waals surface area contributed by atoms with Crippen molar-refractivity contribution < 1.29 is 18.3 Å². The van der Waals surface area contributed by atoms with Gasteiger partial charge in [-0.05, 0) is 0 Å². The van der Waals surface area contributed by atoms with Crippen molar-refractivity contribution in [2.24, 2.45) is 0 Å². The first-order chi connectivity index (χ1) is 20.7. The molecule has 2 aliphatic rings.